The van der Waals surface area contributed by atoms with Crippen molar-refractivity contribution in [1.29, 1.82) is 0 Å². The van der Waals surface area contributed by atoms with Gasteiger partial charge in [0.05, 0.1) is 18.3 Å². The van der Waals surface area contributed by atoms with Gasteiger partial charge in [0.2, 0.25) is 0 Å². The fourth-order valence-electron chi connectivity index (χ4n) is 5.61. The van der Waals surface area contributed by atoms with Crippen molar-refractivity contribution < 1.29 is 4.74 Å². The first kappa shape index (κ1) is 13.4. The maximum atomic E-state index is 6.32. The Kier molecular flexibility index (Phi) is 3.14. The van der Waals surface area contributed by atoms with Crippen LogP contribution in [0, 0.1) is 23.7 Å². The summed E-state index contributed by atoms with van der Waals surface area (Å²) >= 11 is 0. The molecule has 4 aliphatic carbocycles. The molecule has 0 aromatic heterocycles. The van der Waals surface area contributed by atoms with E-state index in [4.69, 9.17) is 10.5 Å². The summed E-state index contributed by atoms with van der Waals surface area (Å²) in [5.41, 5.74) is 7.52. The molecule has 3 nitrogen and oxygen atoms in total. The zero-order valence-electron chi connectivity index (χ0n) is 12.8. The lowest BCUT2D eigenvalue weighted by Crippen LogP contribution is -2.65. The first-order valence-corrected chi connectivity index (χ1v) is 8.36. The van der Waals surface area contributed by atoms with Gasteiger partial charge in [-0.25, -0.2) is 0 Å². The van der Waals surface area contributed by atoms with Gasteiger partial charge >= 0.3 is 0 Å². The van der Waals surface area contributed by atoms with Crippen LogP contribution in [0.2, 0.25) is 0 Å². The highest BCUT2D eigenvalue weighted by Crippen LogP contribution is 2.59. The van der Waals surface area contributed by atoms with Gasteiger partial charge < -0.3 is 15.8 Å². The van der Waals surface area contributed by atoms with E-state index in [0.29, 0.717) is 0 Å². The van der Waals surface area contributed by atoms with Crippen molar-refractivity contribution in [1.82, 2.24) is 0 Å². The van der Waals surface area contributed by atoms with Gasteiger partial charge in [-0.2, -0.15) is 0 Å². The zero-order valence-corrected chi connectivity index (χ0v) is 12.8. The number of rotatable bonds is 4. The highest BCUT2D eigenvalue weighted by atomic mass is 16.5. The fourth-order valence-corrected chi connectivity index (χ4v) is 5.61. The van der Waals surface area contributed by atoms with Crippen LogP contribution in [0.25, 0.3) is 0 Å². The first-order valence-electron chi connectivity index (χ1n) is 8.36. The van der Waals surface area contributed by atoms with Gasteiger partial charge in [-0.3, -0.25) is 0 Å². The van der Waals surface area contributed by atoms with Gasteiger partial charge in [-0.1, -0.05) is 12.1 Å². The van der Waals surface area contributed by atoms with E-state index in [1.54, 1.807) is 7.11 Å². The maximum absolute atomic E-state index is 6.32. The van der Waals surface area contributed by atoms with Gasteiger partial charge in [0, 0.05) is 6.54 Å². The lowest BCUT2D eigenvalue weighted by molar-refractivity contribution is -0.0406. The molecule has 0 saturated heterocycles. The fraction of sp³-hybridized carbons (Fsp3) is 0.667. The molecule has 1 aromatic carbocycles. The summed E-state index contributed by atoms with van der Waals surface area (Å²) in [7, 11) is 1.74. The van der Waals surface area contributed by atoms with E-state index >= 15 is 0 Å². The van der Waals surface area contributed by atoms with Crippen molar-refractivity contribution in [3.63, 3.8) is 0 Å². The molecule has 0 heterocycles. The highest BCUT2D eigenvalue weighted by molar-refractivity contribution is 5.58. The molecule has 0 atom stereocenters. The third kappa shape index (κ3) is 1.97. The average molecular weight is 286 g/mol. The standard InChI is InChI=1S/C18H26N2O/c1-21-17-5-3-2-4-16(17)20-18(11-19)14-7-12-6-13(9-14)10-15(18)8-12/h2-5,12-15,20H,6-11,19H2,1H3. The lowest BCUT2D eigenvalue weighted by Gasteiger charge is -2.61. The van der Waals surface area contributed by atoms with Crippen molar-refractivity contribution in [2.24, 2.45) is 29.4 Å². The molecule has 0 amide bonds. The Labute approximate surface area is 127 Å². The molecule has 3 N–H and O–H groups in total. The number of hydrogen-bond donors (Lipinski definition) is 2. The van der Waals surface area contributed by atoms with Crippen LogP contribution in [0.1, 0.15) is 32.1 Å². The van der Waals surface area contributed by atoms with E-state index < -0.39 is 0 Å². The Bertz CT molecular complexity index is 500. The summed E-state index contributed by atoms with van der Waals surface area (Å²) in [5, 5.41) is 3.86. The predicted octanol–water partition coefficient (Wildman–Crippen LogP) is 3.26. The number of hydrogen-bond acceptors (Lipinski definition) is 3. The number of nitrogens with two attached hydrogens (primary N) is 1. The molecule has 5 rings (SSSR count). The lowest BCUT2D eigenvalue weighted by atomic mass is 9.48. The largest absolute Gasteiger partial charge is 0.495 e. The van der Waals surface area contributed by atoms with Gasteiger partial charge in [-0.05, 0) is 67.9 Å². The molecule has 4 aliphatic rings. The molecule has 3 heteroatoms. The van der Waals surface area contributed by atoms with Crippen molar-refractivity contribution in [2.45, 2.75) is 37.6 Å². The Morgan fingerprint density at radius 3 is 2.29 bits per heavy atom. The molecule has 114 valence electrons. The van der Waals surface area contributed by atoms with Gasteiger partial charge in [0.1, 0.15) is 5.75 Å². The summed E-state index contributed by atoms with van der Waals surface area (Å²) in [5.74, 6) is 4.34. The summed E-state index contributed by atoms with van der Waals surface area (Å²) in [6.45, 7) is 0.736. The van der Waals surface area contributed by atoms with Crippen molar-refractivity contribution in [2.75, 3.05) is 19.0 Å². The minimum absolute atomic E-state index is 0.0854. The Morgan fingerprint density at radius 1 is 1.10 bits per heavy atom. The second kappa shape index (κ2) is 4.91. The zero-order chi connectivity index (χ0) is 14.4. The number of benzene rings is 1. The van der Waals surface area contributed by atoms with Crippen molar-refractivity contribution in [3.05, 3.63) is 24.3 Å². The molecule has 0 spiro atoms. The summed E-state index contributed by atoms with van der Waals surface area (Å²) in [6, 6.07) is 8.26. The molecule has 0 radical (unpaired) electrons. The van der Waals surface area contributed by atoms with E-state index in [1.807, 2.05) is 12.1 Å². The Balaban J connectivity index is 1.68. The van der Waals surface area contributed by atoms with Crippen LogP contribution in [0.5, 0.6) is 5.75 Å². The summed E-state index contributed by atoms with van der Waals surface area (Å²) in [6.07, 6.45) is 6.94. The van der Waals surface area contributed by atoms with Crippen molar-refractivity contribution >= 4 is 5.69 Å². The molecule has 0 aliphatic heterocycles. The Hall–Kier alpha value is -1.22. The van der Waals surface area contributed by atoms with E-state index in [1.165, 1.54) is 32.1 Å². The van der Waals surface area contributed by atoms with Crippen LogP contribution in [-0.4, -0.2) is 19.2 Å². The highest BCUT2D eigenvalue weighted by Gasteiger charge is 2.56. The third-order valence-electron chi connectivity index (χ3n) is 6.41. The minimum atomic E-state index is 0.0854. The SMILES string of the molecule is COc1ccccc1NC1(CN)C2CC3CC(C2)CC1C3. The first-order chi connectivity index (χ1) is 10.2. The molecule has 4 fully saturated rings. The monoisotopic (exact) mass is 286 g/mol. The van der Waals surface area contributed by atoms with Gasteiger partial charge in [-0.15, -0.1) is 0 Å². The van der Waals surface area contributed by atoms with E-state index in [-0.39, 0.29) is 5.54 Å². The second-order valence-electron chi connectivity index (χ2n) is 7.37. The van der Waals surface area contributed by atoms with E-state index in [2.05, 4.69) is 17.4 Å². The van der Waals surface area contributed by atoms with Crippen LogP contribution >= 0.6 is 0 Å². The average Bonchev–Trinajstić information content (AvgIpc) is 2.51. The molecule has 0 unspecified atom stereocenters. The number of nitrogens with one attached hydrogen (secondary N) is 1. The quantitative estimate of drug-likeness (QED) is 0.893. The van der Waals surface area contributed by atoms with Crippen LogP contribution < -0.4 is 15.8 Å². The van der Waals surface area contributed by atoms with Crippen molar-refractivity contribution in [3.8, 4) is 5.75 Å². The second-order valence-corrected chi connectivity index (χ2v) is 7.37. The van der Waals surface area contributed by atoms with Crippen LogP contribution in [0.3, 0.4) is 0 Å². The molecule has 1 aromatic rings. The smallest absolute Gasteiger partial charge is 0.141 e. The van der Waals surface area contributed by atoms with Crippen LogP contribution in [0.4, 0.5) is 5.69 Å². The van der Waals surface area contributed by atoms with Gasteiger partial charge in [0.15, 0.2) is 0 Å². The molecule has 4 bridgehead atoms. The predicted molar refractivity (Wildman–Crippen MR) is 85.4 cm³/mol. The topological polar surface area (TPSA) is 47.3 Å². The molecule has 21 heavy (non-hydrogen) atoms. The van der Waals surface area contributed by atoms with Gasteiger partial charge in [0.25, 0.3) is 0 Å². The van der Waals surface area contributed by atoms with Crippen LogP contribution in [-0.2, 0) is 0 Å². The molecular formula is C18H26N2O. The number of anilines is 1. The number of methoxy groups -OCH3 is 1. The summed E-state index contributed by atoms with van der Waals surface area (Å²) in [4.78, 5) is 0. The van der Waals surface area contributed by atoms with E-state index in [0.717, 1.165) is 41.7 Å². The Morgan fingerprint density at radius 2 is 1.71 bits per heavy atom. The molecule has 4 saturated carbocycles. The van der Waals surface area contributed by atoms with E-state index in [9.17, 15) is 0 Å². The molecular weight excluding hydrogens is 260 g/mol. The van der Waals surface area contributed by atoms with Crippen LogP contribution in [0.15, 0.2) is 24.3 Å². The summed E-state index contributed by atoms with van der Waals surface area (Å²) < 4.78 is 5.53. The normalized spacial score (nSPS) is 40.3. The minimum Gasteiger partial charge on any atom is -0.495 e. The third-order valence-corrected chi connectivity index (χ3v) is 6.41. The maximum Gasteiger partial charge on any atom is 0.141 e. The number of para-hydroxylation sites is 2. The number of ether oxygens (including phenoxy) is 1.